The number of hydrogen-bond donors (Lipinski definition) is 0. The minimum absolute atomic E-state index is 0. The van der Waals surface area contributed by atoms with Gasteiger partial charge in [-0.15, -0.1) is 0 Å². The molecule has 5 heavy (non-hydrogen) atoms. The van der Waals surface area contributed by atoms with Gasteiger partial charge in [0.1, 0.15) is 0 Å². The van der Waals surface area contributed by atoms with Crippen LogP contribution in [0.2, 0.25) is 0 Å². The molecular weight excluding hydrogens is 159 g/mol. The van der Waals surface area contributed by atoms with Crippen LogP contribution < -0.4 is 7.38 Å². The molecule has 0 aliphatic rings. The fraction of sp³-hybridized carbons (Fsp3) is 0. The molecule has 0 bridgehead atoms. The third-order valence-electron chi connectivity index (χ3n) is 0. The van der Waals surface area contributed by atoms with Crippen molar-refractivity contribution in [2.75, 3.05) is 0 Å². The van der Waals surface area contributed by atoms with Crippen molar-refractivity contribution in [2.45, 2.75) is 0 Å². The molecule has 0 rings (SSSR count). The maximum atomic E-state index is 8.58. The molecule has 0 atom stereocenters. The second-order valence-electron chi connectivity index (χ2n) is 0.250. The summed E-state index contributed by atoms with van der Waals surface area (Å²) in [7, 11) is 0. The minimum atomic E-state index is -4.08. The van der Waals surface area contributed by atoms with Crippen LogP contribution in [0.25, 0.3) is 0 Å². The van der Waals surface area contributed by atoms with E-state index in [1.54, 1.807) is 0 Å². The number of hydrogen-bond acceptors (Lipinski definition) is 3. The summed E-state index contributed by atoms with van der Waals surface area (Å²) in [5.74, 6) is 0. The van der Waals surface area contributed by atoms with Gasteiger partial charge in [-0.05, 0) is 0 Å². The molecule has 0 unspecified atom stereocenters. The summed E-state index contributed by atoms with van der Waals surface area (Å²) in [5, 5.41) is 0. The van der Waals surface area contributed by atoms with E-state index in [4.69, 9.17) is 10.7 Å². The van der Waals surface area contributed by atoms with Crippen molar-refractivity contribution in [1.29, 1.82) is 0 Å². The molecule has 35 valence electrons. The van der Waals surface area contributed by atoms with E-state index in [0.29, 0.717) is 0 Å². The molecule has 0 saturated carbocycles. The van der Waals surface area contributed by atoms with Crippen LogP contribution in [-0.4, -0.2) is 0 Å². The predicted molar refractivity (Wildman–Crippen MR) is 0.686 cm³/mol. The molecule has 0 N–H and O–H groups in total. The Balaban J connectivity index is 0. The van der Waals surface area contributed by atoms with Gasteiger partial charge in [0.25, 0.3) is 0 Å². The zero-order valence-electron chi connectivity index (χ0n) is 2.03. The molecule has 0 aromatic heterocycles. The van der Waals surface area contributed by atoms with Crippen LogP contribution in [0.1, 0.15) is 0 Å². The Morgan fingerprint density at radius 1 is 1.40 bits per heavy atom. The van der Waals surface area contributed by atoms with E-state index < -0.39 is 18.6 Å². The standard InChI is InChI=1S/Cu.3O.Ti/q;;2*-1;. The Morgan fingerprint density at radius 3 is 1.40 bits per heavy atom. The average molecular weight is 159 g/mol. The third kappa shape index (κ3) is 47.5. The molecule has 5 heteroatoms. The van der Waals surface area contributed by atoms with E-state index in [1.807, 2.05) is 0 Å². The van der Waals surface area contributed by atoms with Crippen molar-refractivity contribution in [1.82, 2.24) is 0 Å². The zero-order chi connectivity index (χ0) is 3.58. The molecule has 0 amide bonds. The Kier molecular flexibility index (Phi) is 9.26. The van der Waals surface area contributed by atoms with Crippen LogP contribution >= 0.6 is 0 Å². The third-order valence-corrected chi connectivity index (χ3v) is 0. The Hall–Kier alpha value is 0.954. The molecule has 3 nitrogen and oxygen atoms in total. The Bertz CT molecular complexity index is 29.9. The average Bonchev–Trinajstić information content (AvgIpc) is 0.811. The molecule has 0 aromatic rings. The monoisotopic (exact) mass is 159 g/mol. The molecule has 0 aliphatic carbocycles. The van der Waals surface area contributed by atoms with Crippen LogP contribution in [0.15, 0.2) is 0 Å². The summed E-state index contributed by atoms with van der Waals surface area (Å²) < 4.78 is 25.8. The second kappa shape index (κ2) is 4.95. The quantitative estimate of drug-likeness (QED) is 0.367. The van der Waals surface area contributed by atoms with Gasteiger partial charge in [-0.3, -0.25) is 0 Å². The van der Waals surface area contributed by atoms with Crippen LogP contribution in [0, 0.1) is 0 Å². The molecule has 0 fully saturated rings. The van der Waals surface area contributed by atoms with Crippen molar-refractivity contribution < 1.29 is 46.4 Å². The van der Waals surface area contributed by atoms with Gasteiger partial charge < -0.3 is 0 Å². The molecule has 0 aromatic carbocycles. The SMILES string of the molecule is [Cu].[O]=[Ti]([O-])[O-]. The summed E-state index contributed by atoms with van der Waals surface area (Å²) in [4.78, 5) is 0. The molecular formula is CuO3Ti-2. The zero-order valence-corrected chi connectivity index (χ0v) is 4.53. The fourth-order valence-electron chi connectivity index (χ4n) is 0. The van der Waals surface area contributed by atoms with Gasteiger partial charge in [0, 0.05) is 17.1 Å². The van der Waals surface area contributed by atoms with Gasteiger partial charge in [0.2, 0.25) is 0 Å². The summed E-state index contributed by atoms with van der Waals surface area (Å²) in [6, 6.07) is 0. The topological polar surface area (TPSA) is 63.2 Å². The Labute approximate surface area is 46.6 Å². The van der Waals surface area contributed by atoms with Crippen LogP contribution in [-0.2, 0) is 39.0 Å². The van der Waals surface area contributed by atoms with Gasteiger partial charge >= 0.3 is 29.3 Å². The second-order valence-corrected chi connectivity index (χ2v) is 1.03. The molecule has 0 heterocycles. The van der Waals surface area contributed by atoms with Gasteiger partial charge in [-0.25, -0.2) is 0 Å². The van der Waals surface area contributed by atoms with E-state index in [-0.39, 0.29) is 17.1 Å². The first-order valence-electron chi connectivity index (χ1n) is 0.612. The maximum absolute atomic E-state index is 8.58. The predicted octanol–water partition coefficient (Wildman–Crippen LogP) is -2.50. The van der Waals surface area contributed by atoms with E-state index in [9.17, 15) is 0 Å². The van der Waals surface area contributed by atoms with Gasteiger partial charge in [0.15, 0.2) is 0 Å². The summed E-state index contributed by atoms with van der Waals surface area (Å²) in [5.41, 5.74) is 0. The van der Waals surface area contributed by atoms with E-state index in [0.717, 1.165) is 0 Å². The van der Waals surface area contributed by atoms with Crippen LogP contribution in [0.3, 0.4) is 0 Å². The van der Waals surface area contributed by atoms with E-state index in [2.05, 4.69) is 0 Å². The summed E-state index contributed by atoms with van der Waals surface area (Å²) >= 11 is -4.08. The van der Waals surface area contributed by atoms with Gasteiger partial charge in [0.05, 0.1) is 0 Å². The molecule has 0 aliphatic heterocycles. The van der Waals surface area contributed by atoms with Crippen molar-refractivity contribution in [2.24, 2.45) is 0 Å². The van der Waals surface area contributed by atoms with Crippen molar-refractivity contribution >= 4 is 0 Å². The first kappa shape index (κ1) is 9.35. The summed E-state index contributed by atoms with van der Waals surface area (Å²) in [6.07, 6.45) is 0. The summed E-state index contributed by atoms with van der Waals surface area (Å²) in [6.45, 7) is 0. The Morgan fingerprint density at radius 2 is 1.40 bits per heavy atom. The van der Waals surface area contributed by atoms with Crippen molar-refractivity contribution in [3.05, 3.63) is 0 Å². The first-order valence-corrected chi connectivity index (χ1v) is 2.52. The van der Waals surface area contributed by atoms with E-state index >= 15 is 0 Å². The van der Waals surface area contributed by atoms with Crippen LogP contribution in [0.5, 0.6) is 0 Å². The van der Waals surface area contributed by atoms with Crippen molar-refractivity contribution in [3.63, 3.8) is 0 Å². The van der Waals surface area contributed by atoms with Crippen LogP contribution in [0.4, 0.5) is 0 Å². The van der Waals surface area contributed by atoms with E-state index in [1.165, 1.54) is 0 Å². The van der Waals surface area contributed by atoms with Gasteiger partial charge in [-0.1, -0.05) is 0 Å². The first-order chi connectivity index (χ1) is 1.73. The molecule has 1 radical (unpaired) electrons. The normalized spacial score (nSPS) is 5.20. The molecule has 0 saturated heterocycles. The number of rotatable bonds is 0. The van der Waals surface area contributed by atoms with Gasteiger partial charge in [-0.2, -0.15) is 0 Å². The fourth-order valence-corrected chi connectivity index (χ4v) is 0. The molecule has 0 spiro atoms. The van der Waals surface area contributed by atoms with Crippen molar-refractivity contribution in [3.8, 4) is 0 Å².